The van der Waals surface area contributed by atoms with Gasteiger partial charge >= 0.3 is 51.4 Å². The van der Waals surface area contributed by atoms with Crippen molar-refractivity contribution in [3.8, 4) is 0 Å². The number of nitrogens with one attached hydrogen (secondary N) is 2. The Hall–Kier alpha value is -0.139. The molecule has 1 aromatic rings. The Bertz CT molecular complexity index is 522. The van der Waals surface area contributed by atoms with Crippen LogP contribution in [0.2, 0.25) is 0 Å². The van der Waals surface area contributed by atoms with Crippen LogP contribution in [-0.2, 0) is 22.4 Å². The summed E-state index contributed by atoms with van der Waals surface area (Å²) >= 11 is 0. The number of amides is 2. The molecule has 0 aromatic heterocycles. The van der Waals surface area contributed by atoms with E-state index in [0.29, 0.717) is 19.3 Å². The van der Waals surface area contributed by atoms with Gasteiger partial charge in [-0.25, -0.2) is 0 Å². The monoisotopic (exact) mass is 294 g/mol. The summed E-state index contributed by atoms with van der Waals surface area (Å²) in [5, 5.41) is 2.79. The van der Waals surface area contributed by atoms with Gasteiger partial charge in [0.05, 0.1) is 0 Å². The molecule has 2 N–H and O–H groups in total. The molecule has 4 nitrogen and oxygen atoms in total. The first-order chi connectivity index (χ1) is 8.44. The fraction of sp³-hybridized carbons (Fsp3) is 0.357. The van der Waals surface area contributed by atoms with E-state index >= 15 is 0 Å². The van der Waals surface area contributed by atoms with Crippen LogP contribution in [0.5, 0.6) is 0 Å². The Balaban J connectivity index is 0.00000180. The largest absolute Gasteiger partial charge is 1.00 e. The van der Waals surface area contributed by atoms with E-state index in [9.17, 15) is 9.59 Å². The number of anilines is 1. The summed E-state index contributed by atoms with van der Waals surface area (Å²) in [5.74, 6) is -0.664. The van der Waals surface area contributed by atoms with Gasteiger partial charge in [-0.3, -0.25) is 4.79 Å². The summed E-state index contributed by atoms with van der Waals surface area (Å²) in [6.07, 6.45) is 1.41. The van der Waals surface area contributed by atoms with Crippen molar-refractivity contribution in [3.63, 3.8) is 0 Å². The van der Waals surface area contributed by atoms with Crippen molar-refractivity contribution in [2.24, 2.45) is 5.41 Å². The molecular formula is C14H16BKN2O2-. The van der Waals surface area contributed by atoms with Gasteiger partial charge in [0, 0.05) is 26.4 Å². The van der Waals surface area contributed by atoms with Crippen LogP contribution in [0.4, 0.5) is 5.69 Å². The van der Waals surface area contributed by atoms with Crippen LogP contribution in [0.25, 0.3) is 5.73 Å². The van der Waals surface area contributed by atoms with Crippen molar-refractivity contribution >= 4 is 25.9 Å². The second-order valence-electron chi connectivity index (χ2n) is 4.85. The Kier molecular flexibility index (Phi) is 7.70. The molecule has 1 unspecified atom stereocenters. The van der Waals surface area contributed by atoms with Crippen LogP contribution in [0.1, 0.15) is 24.5 Å². The van der Waals surface area contributed by atoms with Crippen molar-refractivity contribution in [3.05, 3.63) is 42.0 Å². The van der Waals surface area contributed by atoms with Crippen LogP contribution in [0.15, 0.2) is 18.2 Å². The fourth-order valence-electron chi connectivity index (χ4n) is 2.24. The number of carbonyl (C=O) groups excluding carboxylic acids is 2. The Morgan fingerprint density at radius 3 is 2.50 bits per heavy atom. The minimum absolute atomic E-state index is 0. The van der Waals surface area contributed by atoms with Gasteiger partial charge in [-0.15, -0.1) is 5.41 Å². The van der Waals surface area contributed by atoms with Gasteiger partial charge < -0.3 is 22.8 Å². The second kappa shape index (κ2) is 7.75. The number of benzene rings is 1. The Morgan fingerprint density at radius 2 is 1.95 bits per heavy atom. The van der Waals surface area contributed by atoms with Crippen LogP contribution >= 0.6 is 0 Å². The molecule has 1 aliphatic carbocycles. The molecule has 0 fully saturated rings. The van der Waals surface area contributed by atoms with E-state index in [1.165, 1.54) is 0 Å². The minimum atomic E-state index is -0.851. The van der Waals surface area contributed by atoms with E-state index < -0.39 is 11.3 Å². The molecule has 2 rings (SSSR count). The molecule has 1 aromatic carbocycles. The van der Waals surface area contributed by atoms with Crippen LogP contribution < -0.4 is 56.7 Å². The number of hydrogen-bond acceptors (Lipinski definition) is 2. The number of hydrogen-bond donors (Lipinski definition) is 1. The smallest absolute Gasteiger partial charge is 0.670 e. The standard InChI is InChI=1S/C14H17N2O2.B.K/c1-3-12(17)16-11-5-4-9-7-14(2,13(15)18)8-10(9)6-11;;/h4-6H,2-3,7-8H2,1H3,(H3,15,16,17,18);;/q-1;;+1/p-1. The van der Waals surface area contributed by atoms with Crippen molar-refractivity contribution in [1.82, 2.24) is 0 Å². The predicted molar refractivity (Wildman–Crippen MR) is 75.6 cm³/mol. The zero-order valence-corrected chi connectivity index (χ0v) is 15.1. The van der Waals surface area contributed by atoms with Crippen LogP contribution in [0.3, 0.4) is 0 Å². The molecule has 0 heterocycles. The average molecular weight is 294 g/mol. The van der Waals surface area contributed by atoms with Crippen molar-refractivity contribution in [1.29, 1.82) is 0 Å². The molecule has 0 bridgehead atoms. The van der Waals surface area contributed by atoms with Crippen molar-refractivity contribution in [2.45, 2.75) is 26.2 Å². The maximum atomic E-state index is 11.3. The quantitative estimate of drug-likeness (QED) is 0.583. The Morgan fingerprint density at radius 1 is 1.35 bits per heavy atom. The molecule has 0 aliphatic heterocycles. The number of fused-ring (bicyclic) bond motifs is 1. The van der Waals surface area contributed by atoms with E-state index in [2.05, 4.69) is 12.2 Å². The molecule has 2 amide bonds. The predicted octanol–water partition coefficient (Wildman–Crippen LogP) is -0.844. The average Bonchev–Trinajstić information content (AvgIpc) is 2.66. The van der Waals surface area contributed by atoms with Gasteiger partial charge in [-0.2, -0.15) is 0 Å². The SMILES string of the molecule is [B].[CH2-]C1(C([NH-])=O)Cc2ccc(NC(=O)CC)cc2C1.[K+]. The first-order valence-corrected chi connectivity index (χ1v) is 5.97. The van der Waals surface area contributed by atoms with Gasteiger partial charge in [0.25, 0.3) is 0 Å². The van der Waals surface area contributed by atoms with E-state index in [0.717, 1.165) is 16.8 Å². The van der Waals surface area contributed by atoms with Crippen molar-refractivity contribution < 1.29 is 61.0 Å². The summed E-state index contributed by atoms with van der Waals surface area (Å²) in [5.41, 5.74) is 9.20. The van der Waals surface area contributed by atoms with E-state index in [-0.39, 0.29) is 65.7 Å². The van der Waals surface area contributed by atoms with Crippen LogP contribution in [-0.4, -0.2) is 20.2 Å². The van der Waals surface area contributed by atoms with Gasteiger partial charge in [-0.1, -0.05) is 13.0 Å². The van der Waals surface area contributed by atoms with Crippen molar-refractivity contribution in [2.75, 3.05) is 5.32 Å². The summed E-state index contributed by atoms with van der Waals surface area (Å²) in [7, 11) is 0. The Labute approximate surface area is 164 Å². The van der Waals surface area contributed by atoms with Gasteiger partial charge in [0.2, 0.25) is 5.91 Å². The van der Waals surface area contributed by atoms with E-state index in [4.69, 9.17) is 5.73 Å². The number of rotatable bonds is 3. The third-order valence-corrected chi connectivity index (χ3v) is 3.35. The number of carbonyl (C=O) groups is 2. The normalized spacial score (nSPS) is 19.3. The maximum absolute atomic E-state index is 11.3. The molecule has 0 saturated carbocycles. The third-order valence-electron chi connectivity index (χ3n) is 3.35. The third kappa shape index (κ3) is 4.18. The zero-order valence-electron chi connectivity index (χ0n) is 12.0. The van der Waals surface area contributed by atoms with E-state index in [1.807, 2.05) is 18.2 Å². The van der Waals surface area contributed by atoms with Gasteiger partial charge in [0.15, 0.2) is 0 Å². The van der Waals surface area contributed by atoms with Gasteiger partial charge in [0.1, 0.15) is 0 Å². The van der Waals surface area contributed by atoms with E-state index in [1.54, 1.807) is 6.92 Å². The second-order valence-corrected chi connectivity index (χ2v) is 4.85. The summed E-state index contributed by atoms with van der Waals surface area (Å²) < 4.78 is 0. The molecule has 3 radical (unpaired) electrons. The molecule has 6 heteroatoms. The topological polar surface area (TPSA) is 70.0 Å². The molecule has 20 heavy (non-hydrogen) atoms. The van der Waals surface area contributed by atoms with Gasteiger partial charge in [-0.05, 0) is 36.1 Å². The molecular weight excluding hydrogens is 278 g/mol. The molecule has 1 atom stereocenters. The summed E-state index contributed by atoms with van der Waals surface area (Å²) in [6, 6.07) is 5.60. The molecule has 1 aliphatic rings. The molecule has 0 saturated heterocycles. The minimum Gasteiger partial charge on any atom is -0.670 e. The summed E-state index contributed by atoms with van der Waals surface area (Å²) in [6.45, 7) is 5.66. The maximum Gasteiger partial charge on any atom is 1.00 e. The van der Waals surface area contributed by atoms with Crippen LogP contribution in [0, 0.1) is 12.3 Å². The first kappa shape index (κ1) is 19.9. The molecule has 0 spiro atoms. The summed E-state index contributed by atoms with van der Waals surface area (Å²) in [4.78, 5) is 22.6. The molecule has 99 valence electrons. The first-order valence-electron chi connectivity index (χ1n) is 5.97. The zero-order chi connectivity index (χ0) is 13.3. The fourth-order valence-corrected chi connectivity index (χ4v) is 2.24.